The Morgan fingerprint density at radius 3 is 2.50 bits per heavy atom. The van der Waals surface area contributed by atoms with Crippen LogP contribution in [0.1, 0.15) is 33.7 Å². The molecule has 2 N–H and O–H groups in total. The zero-order valence-corrected chi connectivity index (χ0v) is 15.9. The number of imidazole rings is 1. The summed E-state index contributed by atoms with van der Waals surface area (Å²) in [5.41, 5.74) is 3.17. The van der Waals surface area contributed by atoms with Crippen molar-refractivity contribution in [3.63, 3.8) is 0 Å². The summed E-state index contributed by atoms with van der Waals surface area (Å²) in [7, 11) is 0. The fourth-order valence-corrected chi connectivity index (χ4v) is 3.00. The average molecular weight is 407 g/mol. The number of carbonyl (C=O) groups is 1. The first-order valence-electron chi connectivity index (χ1n) is 9.40. The molecule has 0 saturated carbocycles. The van der Waals surface area contributed by atoms with Crippen LogP contribution in [0.15, 0.2) is 72.8 Å². The largest absolute Gasteiger partial charge is 0.489 e. The number of aromatic amines is 1. The maximum Gasteiger partial charge on any atom is 0.295 e. The second kappa shape index (κ2) is 8.73. The van der Waals surface area contributed by atoms with Crippen molar-refractivity contribution in [2.24, 2.45) is 0 Å². The van der Waals surface area contributed by atoms with Gasteiger partial charge in [-0.25, -0.2) is 13.8 Å². The van der Waals surface area contributed by atoms with Crippen molar-refractivity contribution in [1.29, 1.82) is 0 Å². The SMILES string of the molecule is O=C(NCc1ccc(OCc2ccccc2)cc1)c1ccc2nc(C(F)F)[nH]c2c1. The van der Waals surface area contributed by atoms with Crippen LogP contribution in [0.3, 0.4) is 0 Å². The number of fused-ring (bicyclic) bond motifs is 1. The van der Waals surface area contributed by atoms with Crippen molar-refractivity contribution in [2.75, 3.05) is 0 Å². The number of aromatic nitrogens is 2. The summed E-state index contributed by atoms with van der Waals surface area (Å²) in [5, 5.41) is 2.82. The van der Waals surface area contributed by atoms with Crippen molar-refractivity contribution in [3.05, 3.63) is 95.3 Å². The first-order chi connectivity index (χ1) is 14.6. The minimum atomic E-state index is -2.69. The molecule has 3 aromatic carbocycles. The number of nitrogens with one attached hydrogen (secondary N) is 2. The molecule has 4 rings (SSSR count). The van der Waals surface area contributed by atoms with E-state index >= 15 is 0 Å². The normalized spacial score (nSPS) is 11.0. The number of nitrogens with zero attached hydrogens (tertiary/aromatic N) is 1. The van der Waals surface area contributed by atoms with Crippen LogP contribution >= 0.6 is 0 Å². The zero-order valence-electron chi connectivity index (χ0n) is 15.9. The van der Waals surface area contributed by atoms with E-state index in [0.29, 0.717) is 29.7 Å². The lowest BCUT2D eigenvalue weighted by molar-refractivity contribution is 0.0951. The standard InChI is InChI=1S/C23H19F2N3O2/c24-21(25)22-27-19-11-8-17(12-20(19)28-22)23(29)26-13-15-6-9-18(10-7-15)30-14-16-4-2-1-3-5-16/h1-12,21H,13-14H2,(H,26,29)(H,27,28). The summed E-state index contributed by atoms with van der Waals surface area (Å²) in [5.74, 6) is 0.0418. The number of carbonyl (C=O) groups excluding carboxylic acids is 1. The summed E-state index contributed by atoms with van der Waals surface area (Å²) in [6.07, 6.45) is -2.69. The summed E-state index contributed by atoms with van der Waals surface area (Å²) < 4.78 is 31.3. The minimum absolute atomic E-state index is 0.297. The first kappa shape index (κ1) is 19.6. The third-order valence-electron chi connectivity index (χ3n) is 4.59. The molecule has 1 amide bonds. The quantitative estimate of drug-likeness (QED) is 0.453. The number of amides is 1. The number of hydrogen-bond acceptors (Lipinski definition) is 3. The van der Waals surface area contributed by atoms with Crippen LogP contribution in [0.5, 0.6) is 5.75 Å². The molecule has 1 heterocycles. The van der Waals surface area contributed by atoms with Gasteiger partial charge in [0.15, 0.2) is 5.82 Å². The topological polar surface area (TPSA) is 67.0 Å². The molecular weight excluding hydrogens is 388 g/mol. The molecule has 7 heteroatoms. The van der Waals surface area contributed by atoms with E-state index < -0.39 is 12.2 Å². The molecule has 1 aromatic heterocycles. The minimum Gasteiger partial charge on any atom is -0.489 e. The van der Waals surface area contributed by atoms with E-state index in [1.165, 1.54) is 6.07 Å². The van der Waals surface area contributed by atoms with Crippen molar-refractivity contribution < 1.29 is 18.3 Å². The van der Waals surface area contributed by atoms with Crippen molar-refractivity contribution in [3.8, 4) is 5.75 Å². The lowest BCUT2D eigenvalue weighted by Gasteiger charge is -2.08. The molecule has 0 bridgehead atoms. The van der Waals surface area contributed by atoms with Gasteiger partial charge >= 0.3 is 0 Å². The van der Waals surface area contributed by atoms with E-state index in [0.717, 1.165) is 16.9 Å². The maximum atomic E-state index is 12.8. The molecule has 0 atom stereocenters. The highest BCUT2D eigenvalue weighted by Crippen LogP contribution is 2.21. The van der Waals surface area contributed by atoms with E-state index in [1.54, 1.807) is 12.1 Å². The molecule has 4 aromatic rings. The van der Waals surface area contributed by atoms with Crippen LogP contribution in [0.25, 0.3) is 11.0 Å². The van der Waals surface area contributed by atoms with Gasteiger partial charge in [-0.05, 0) is 41.5 Å². The second-order valence-electron chi connectivity index (χ2n) is 6.76. The third-order valence-corrected chi connectivity index (χ3v) is 4.59. The van der Waals surface area contributed by atoms with Gasteiger partial charge in [-0.2, -0.15) is 0 Å². The van der Waals surface area contributed by atoms with Gasteiger partial charge in [-0.3, -0.25) is 4.79 Å². The van der Waals surface area contributed by atoms with Gasteiger partial charge in [-0.1, -0.05) is 42.5 Å². The number of benzene rings is 3. The lowest BCUT2D eigenvalue weighted by Crippen LogP contribution is -2.22. The Morgan fingerprint density at radius 1 is 1.00 bits per heavy atom. The molecule has 0 saturated heterocycles. The third kappa shape index (κ3) is 4.63. The van der Waals surface area contributed by atoms with E-state index in [4.69, 9.17) is 4.74 Å². The zero-order chi connectivity index (χ0) is 20.9. The smallest absolute Gasteiger partial charge is 0.295 e. The highest BCUT2D eigenvalue weighted by atomic mass is 19.3. The molecule has 152 valence electrons. The summed E-state index contributed by atoms with van der Waals surface area (Å²) >= 11 is 0. The predicted octanol–water partition coefficient (Wildman–Crippen LogP) is 5.01. The number of ether oxygens (including phenoxy) is 1. The number of rotatable bonds is 7. The van der Waals surface area contributed by atoms with Crippen molar-refractivity contribution >= 4 is 16.9 Å². The monoisotopic (exact) mass is 407 g/mol. The number of hydrogen-bond donors (Lipinski definition) is 2. The van der Waals surface area contributed by atoms with Crippen molar-refractivity contribution in [1.82, 2.24) is 15.3 Å². The summed E-state index contributed by atoms with van der Waals surface area (Å²) in [6, 6.07) is 22.0. The van der Waals surface area contributed by atoms with Gasteiger partial charge in [0.2, 0.25) is 0 Å². The Hall–Kier alpha value is -3.74. The van der Waals surface area contributed by atoms with Gasteiger partial charge < -0.3 is 15.0 Å². The Labute approximate surface area is 171 Å². The fraction of sp³-hybridized carbons (Fsp3) is 0.130. The molecule has 30 heavy (non-hydrogen) atoms. The van der Waals surface area contributed by atoms with E-state index in [-0.39, 0.29) is 5.91 Å². The van der Waals surface area contributed by atoms with E-state index in [9.17, 15) is 13.6 Å². The molecule has 0 spiro atoms. The number of alkyl halides is 2. The van der Waals surface area contributed by atoms with Gasteiger partial charge in [0.1, 0.15) is 12.4 Å². The van der Waals surface area contributed by atoms with Gasteiger partial charge in [0, 0.05) is 12.1 Å². The van der Waals surface area contributed by atoms with Crippen LogP contribution in [0.4, 0.5) is 8.78 Å². The molecule has 0 aliphatic rings. The molecule has 0 unspecified atom stereocenters. The first-order valence-corrected chi connectivity index (χ1v) is 9.40. The van der Waals surface area contributed by atoms with Crippen LogP contribution in [0, 0.1) is 0 Å². The second-order valence-corrected chi connectivity index (χ2v) is 6.76. The molecule has 0 fully saturated rings. The fourth-order valence-electron chi connectivity index (χ4n) is 3.00. The maximum absolute atomic E-state index is 12.8. The number of H-pyrrole nitrogens is 1. The Kier molecular flexibility index (Phi) is 5.70. The molecule has 0 aliphatic heterocycles. The molecular formula is C23H19F2N3O2. The Balaban J connectivity index is 1.33. The van der Waals surface area contributed by atoms with Gasteiger partial charge in [0.25, 0.3) is 12.3 Å². The molecule has 0 radical (unpaired) electrons. The van der Waals surface area contributed by atoms with Crippen LogP contribution in [-0.2, 0) is 13.2 Å². The van der Waals surface area contributed by atoms with Crippen molar-refractivity contribution in [2.45, 2.75) is 19.6 Å². The van der Waals surface area contributed by atoms with E-state index in [2.05, 4.69) is 15.3 Å². The van der Waals surface area contributed by atoms with E-state index in [1.807, 2.05) is 54.6 Å². The highest BCUT2D eigenvalue weighted by molar-refractivity contribution is 5.97. The predicted molar refractivity (Wildman–Crippen MR) is 109 cm³/mol. The van der Waals surface area contributed by atoms with Gasteiger partial charge in [-0.15, -0.1) is 0 Å². The summed E-state index contributed by atoms with van der Waals surface area (Å²) in [6.45, 7) is 0.821. The van der Waals surface area contributed by atoms with Gasteiger partial charge in [0.05, 0.1) is 11.0 Å². The average Bonchev–Trinajstić information content (AvgIpc) is 3.21. The summed E-state index contributed by atoms with van der Waals surface area (Å²) in [4.78, 5) is 18.7. The highest BCUT2D eigenvalue weighted by Gasteiger charge is 2.14. The Bertz CT molecular complexity index is 1140. The number of halogens is 2. The lowest BCUT2D eigenvalue weighted by atomic mass is 10.1. The Morgan fingerprint density at radius 2 is 1.77 bits per heavy atom. The molecule has 5 nitrogen and oxygen atoms in total. The van der Waals surface area contributed by atoms with Crippen LogP contribution in [0.2, 0.25) is 0 Å². The molecule has 0 aliphatic carbocycles. The van der Waals surface area contributed by atoms with Crippen LogP contribution < -0.4 is 10.1 Å². The van der Waals surface area contributed by atoms with Crippen LogP contribution in [-0.4, -0.2) is 15.9 Å².